The quantitative estimate of drug-likeness (QED) is 0.770. The van der Waals surface area contributed by atoms with E-state index in [1.807, 2.05) is 13.1 Å². The summed E-state index contributed by atoms with van der Waals surface area (Å²) in [5, 5.41) is 8.16. The Morgan fingerprint density at radius 3 is 2.61 bits per heavy atom. The van der Waals surface area contributed by atoms with Crippen LogP contribution in [0.25, 0.3) is 0 Å². The third-order valence-corrected chi connectivity index (χ3v) is 3.55. The molecule has 0 N–H and O–H groups in total. The van der Waals surface area contributed by atoms with Crippen LogP contribution in [0.3, 0.4) is 0 Å². The van der Waals surface area contributed by atoms with Crippen LogP contribution in [0.5, 0.6) is 0 Å². The smallest absolute Gasteiger partial charge is 0.273 e. The standard InChI is InChI=1S/C11H14IN5O/c1-15(7-8-4-5-13-16(8)2)11(18)10-9(12)6-14-17(10)3/h4-6H,7H2,1-3H3. The highest BCUT2D eigenvalue weighted by Gasteiger charge is 2.19. The molecular weight excluding hydrogens is 345 g/mol. The molecule has 0 aliphatic rings. The fraction of sp³-hybridized carbons (Fsp3) is 0.364. The largest absolute Gasteiger partial charge is 0.334 e. The average molecular weight is 359 g/mol. The van der Waals surface area contributed by atoms with Gasteiger partial charge in [0.25, 0.3) is 5.91 Å². The lowest BCUT2D eigenvalue weighted by molar-refractivity contribution is 0.0770. The van der Waals surface area contributed by atoms with Crippen molar-refractivity contribution in [3.05, 3.63) is 33.4 Å². The van der Waals surface area contributed by atoms with Crippen LogP contribution in [0.1, 0.15) is 16.2 Å². The second kappa shape index (κ2) is 5.09. The molecule has 0 atom stereocenters. The summed E-state index contributed by atoms with van der Waals surface area (Å²) >= 11 is 2.12. The molecule has 18 heavy (non-hydrogen) atoms. The highest BCUT2D eigenvalue weighted by atomic mass is 127. The lowest BCUT2D eigenvalue weighted by Crippen LogP contribution is -2.29. The van der Waals surface area contributed by atoms with Crippen LogP contribution in [-0.4, -0.2) is 37.4 Å². The Morgan fingerprint density at radius 2 is 2.11 bits per heavy atom. The van der Waals surface area contributed by atoms with Crippen molar-refractivity contribution in [2.24, 2.45) is 14.1 Å². The number of hydrogen-bond donors (Lipinski definition) is 0. The summed E-state index contributed by atoms with van der Waals surface area (Å²) in [5.41, 5.74) is 1.60. The van der Waals surface area contributed by atoms with E-state index in [2.05, 4.69) is 32.8 Å². The number of hydrogen-bond acceptors (Lipinski definition) is 3. The summed E-state index contributed by atoms with van der Waals surface area (Å²) in [4.78, 5) is 14.0. The van der Waals surface area contributed by atoms with Crippen molar-refractivity contribution in [2.75, 3.05) is 7.05 Å². The van der Waals surface area contributed by atoms with Crippen LogP contribution in [-0.2, 0) is 20.6 Å². The van der Waals surface area contributed by atoms with Crippen molar-refractivity contribution in [1.29, 1.82) is 0 Å². The molecule has 96 valence electrons. The molecule has 7 heteroatoms. The number of carbonyl (C=O) groups is 1. The van der Waals surface area contributed by atoms with Gasteiger partial charge in [0.05, 0.1) is 22.0 Å². The molecule has 2 rings (SSSR count). The Kier molecular flexibility index (Phi) is 3.69. The second-order valence-corrected chi connectivity index (χ2v) is 5.23. The third-order valence-electron chi connectivity index (χ3n) is 2.77. The predicted molar refractivity (Wildman–Crippen MR) is 74.9 cm³/mol. The lowest BCUT2D eigenvalue weighted by Gasteiger charge is -2.17. The lowest BCUT2D eigenvalue weighted by atomic mass is 10.3. The molecule has 2 aromatic rings. The van der Waals surface area contributed by atoms with Crippen molar-refractivity contribution >= 4 is 28.5 Å². The van der Waals surface area contributed by atoms with Crippen molar-refractivity contribution in [3.63, 3.8) is 0 Å². The van der Waals surface area contributed by atoms with E-state index in [1.54, 1.807) is 40.8 Å². The van der Waals surface area contributed by atoms with Gasteiger partial charge < -0.3 is 4.90 Å². The SMILES string of the molecule is CN(Cc1ccnn1C)C(=O)c1c(I)cnn1C. The summed E-state index contributed by atoms with van der Waals surface area (Å²) in [7, 11) is 5.41. The summed E-state index contributed by atoms with van der Waals surface area (Å²) < 4.78 is 4.22. The van der Waals surface area contributed by atoms with Gasteiger partial charge in [-0.2, -0.15) is 10.2 Å². The molecule has 0 saturated heterocycles. The van der Waals surface area contributed by atoms with Crippen LogP contribution in [0.4, 0.5) is 0 Å². The number of carbonyl (C=O) groups excluding carboxylic acids is 1. The van der Waals surface area contributed by atoms with Crippen molar-refractivity contribution < 1.29 is 4.79 Å². The van der Waals surface area contributed by atoms with Crippen LogP contribution >= 0.6 is 22.6 Å². The molecular formula is C11H14IN5O. The van der Waals surface area contributed by atoms with E-state index in [0.717, 1.165) is 9.26 Å². The molecule has 0 bridgehead atoms. The number of rotatable bonds is 3. The third kappa shape index (κ3) is 2.40. The van der Waals surface area contributed by atoms with Crippen molar-refractivity contribution in [3.8, 4) is 0 Å². The number of aromatic nitrogens is 4. The Morgan fingerprint density at radius 1 is 1.39 bits per heavy atom. The molecule has 0 aromatic carbocycles. The number of amides is 1. The minimum absolute atomic E-state index is 0.0411. The highest BCUT2D eigenvalue weighted by Crippen LogP contribution is 2.13. The first-order valence-corrected chi connectivity index (χ1v) is 6.48. The first-order chi connectivity index (χ1) is 8.50. The second-order valence-electron chi connectivity index (χ2n) is 4.07. The normalized spacial score (nSPS) is 10.7. The van der Waals surface area contributed by atoms with E-state index in [9.17, 15) is 4.79 Å². The Hall–Kier alpha value is -1.38. The van der Waals surface area contributed by atoms with Crippen LogP contribution in [0, 0.1) is 3.57 Å². The summed E-state index contributed by atoms with van der Waals surface area (Å²) in [6.45, 7) is 0.524. The van der Waals surface area contributed by atoms with E-state index in [0.29, 0.717) is 12.2 Å². The van der Waals surface area contributed by atoms with Gasteiger partial charge in [-0.1, -0.05) is 0 Å². The molecule has 0 spiro atoms. The van der Waals surface area contributed by atoms with Gasteiger partial charge in [0.1, 0.15) is 5.69 Å². The molecule has 0 unspecified atom stereocenters. The van der Waals surface area contributed by atoms with Gasteiger partial charge in [-0.25, -0.2) is 0 Å². The van der Waals surface area contributed by atoms with Crippen molar-refractivity contribution in [2.45, 2.75) is 6.54 Å². The Balaban J connectivity index is 2.17. The van der Waals surface area contributed by atoms with E-state index in [1.165, 1.54) is 0 Å². The first-order valence-electron chi connectivity index (χ1n) is 5.40. The molecule has 0 saturated carbocycles. The number of halogens is 1. The Bertz CT molecular complexity index is 554. The molecule has 1 amide bonds. The zero-order valence-corrected chi connectivity index (χ0v) is 12.6. The predicted octanol–water partition coefficient (Wildman–Crippen LogP) is 1.03. The van der Waals surface area contributed by atoms with Gasteiger partial charge in [-0.15, -0.1) is 0 Å². The van der Waals surface area contributed by atoms with Gasteiger partial charge in [0.15, 0.2) is 0 Å². The molecule has 0 aliphatic heterocycles. The number of aryl methyl sites for hydroxylation is 2. The van der Waals surface area contributed by atoms with E-state index in [4.69, 9.17) is 0 Å². The molecule has 6 nitrogen and oxygen atoms in total. The summed E-state index contributed by atoms with van der Waals surface area (Å²) in [6, 6.07) is 1.90. The molecule has 0 radical (unpaired) electrons. The van der Waals surface area contributed by atoms with Gasteiger partial charge in [-0.05, 0) is 28.7 Å². The fourth-order valence-electron chi connectivity index (χ4n) is 1.70. The molecule has 2 aromatic heterocycles. The van der Waals surface area contributed by atoms with Gasteiger partial charge >= 0.3 is 0 Å². The van der Waals surface area contributed by atoms with Gasteiger partial charge in [0.2, 0.25) is 0 Å². The monoisotopic (exact) mass is 359 g/mol. The number of nitrogens with zero attached hydrogens (tertiary/aromatic N) is 5. The maximum atomic E-state index is 12.3. The van der Waals surface area contributed by atoms with Gasteiger partial charge in [-0.3, -0.25) is 14.2 Å². The van der Waals surface area contributed by atoms with Crippen molar-refractivity contribution in [1.82, 2.24) is 24.5 Å². The van der Waals surface area contributed by atoms with Gasteiger partial charge in [0, 0.05) is 27.3 Å². The topological polar surface area (TPSA) is 56.0 Å². The summed E-state index contributed by atoms with van der Waals surface area (Å²) in [5.74, 6) is -0.0411. The van der Waals surface area contributed by atoms with E-state index >= 15 is 0 Å². The van der Waals surface area contributed by atoms with Crippen LogP contribution in [0.15, 0.2) is 18.5 Å². The summed E-state index contributed by atoms with van der Waals surface area (Å²) in [6.07, 6.45) is 3.41. The first kappa shape index (κ1) is 13.1. The minimum Gasteiger partial charge on any atom is -0.334 e. The van der Waals surface area contributed by atoms with Crippen LogP contribution < -0.4 is 0 Å². The molecule has 0 fully saturated rings. The maximum Gasteiger partial charge on any atom is 0.273 e. The highest BCUT2D eigenvalue weighted by molar-refractivity contribution is 14.1. The van der Waals surface area contributed by atoms with E-state index in [-0.39, 0.29) is 5.91 Å². The van der Waals surface area contributed by atoms with E-state index < -0.39 is 0 Å². The minimum atomic E-state index is -0.0411. The van der Waals surface area contributed by atoms with Crippen LogP contribution in [0.2, 0.25) is 0 Å². The maximum absolute atomic E-state index is 12.3. The zero-order valence-electron chi connectivity index (χ0n) is 10.5. The molecule has 0 aliphatic carbocycles. The Labute approximate surface area is 119 Å². The average Bonchev–Trinajstić information content (AvgIpc) is 2.86. The molecule has 2 heterocycles. The zero-order chi connectivity index (χ0) is 13.3. The fourth-order valence-corrected chi connectivity index (χ4v) is 2.41.